The van der Waals surface area contributed by atoms with Crippen LogP contribution < -0.4 is 9.47 Å². The normalized spacial score (nSPS) is 36.3. The summed E-state index contributed by atoms with van der Waals surface area (Å²) in [7, 11) is 1.53. The Hall–Kier alpha value is -1.95. The second kappa shape index (κ2) is 4.04. The molecule has 1 aromatic rings. The fourth-order valence-corrected chi connectivity index (χ4v) is 3.56. The van der Waals surface area contributed by atoms with Crippen molar-refractivity contribution >= 4 is 5.97 Å². The van der Waals surface area contributed by atoms with Gasteiger partial charge in [-0.15, -0.1) is 0 Å². The number of aromatic hydroxyl groups is 1. The predicted octanol–water partition coefficient (Wildman–Crippen LogP) is 1.38. The minimum Gasteiger partial charge on any atom is -0.507 e. The van der Waals surface area contributed by atoms with Gasteiger partial charge in [0.25, 0.3) is 0 Å². The zero-order valence-corrected chi connectivity index (χ0v) is 11.8. The van der Waals surface area contributed by atoms with Gasteiger partial charge in [0.15, 0.2) is 0 Å². The van der Waals surface area contributed by atoms with Crippen molar-refractivity contribution < 1.29 is 28.8 Å². The zero-order chi connectivity index (χ0) is 14.8. The second-order valence-corrected chi connectivity index (χ2v) is 5.87. The average molecular weight is 292 g/mol. The molecule has 3 aliphatic rings. The number of hydrogen-bond acceptors (Lipinski definition) is 6. The molecule has 4 unspecified atom stereocenters. The Bertz CT molecular complexity index is 627. The molecule has 0 bridgehead atoms. The molecule has 2 fully saturated rings. The van der Waals surface area contributed by atoms with Gasteiger partial charge in [0.05, 0.1) is 19.4 Å². The van der Waals surface area contributed by atoms with Crippen molar-refractivity contribution in [2.45, 2.75) is 37.8 Å². The Labute approximate surface area is 121 Å². The van der Waals surface area contributed by atoms with Crippen LogP contribution in [-0.2, 0) is 20.7 Å². The van der Waals surface area contributed by atoms with Crippen molar-refractivity contribution in [3.05, 3.63) is 17.7 Å². The molecule has 1 N–H and O–H groups in total. The van der Waals surface area contributed by atoms with Crippen LogP contribution in [0.4, 0.5) is 0 Å². The van der Waals surface area contributed by atoms with Crippen LogP contribution in [0.2, 0.25) is 0 Å². The number of fused-ring (bicyclic) bond motifs is 4. The van der Waals surface area contributed by atoms with Gasteiger partial charge in [0.1, 0.15) is 29.5 Å². The number of carbonyl (C=O) groups is 1. The Kier molecular flexibility index (Phi) is 2.45. The first kappa shape index (κ1) is 12.8. The lowest BCUT2D eigenvalue weighted by Gasteiger charge is -2.30. The second-order valence-electron chi connectivity index (χ2n) is 5.87. The largest absolute Gasteiger partial charge is 0.507 e. The summed E-state index contributed by atoms with van der Waals surface area (Å²) >= 11 is 0. The van der Waals surface area contributed by atoms with Gasteiger partial charge in [0, 0.05) is 31.0 Å². The standard InChI is InChI=1S/C15H16O6/c1-15-9(6-13(17)21-15)14-12(20-15)5-8-10(16)3-7(18-2)4-11(8)19-14/h3-4,9,12,14,16H,5-6H2,1-2H3. The van der Waals surface area contributed by atoms with Crippen molar-refractivity contribution in [1.82, 2.24) is 0 Å². The maximum Gasteiger partial charge on any atom is 0.308 e. The van der Waals surface area contributed by atoms with E-state index in [1.807, 2.05) is 0 Å². The number of rotatable bonds is 1. The van der Waals surface area contributed by atoms with E-state index < -0.39 is 5.79 Å². The van der Waals surface area contributed by atoms with Crippen molar-refractivity contribution in [2.75, 3.05) is 7.11 Å². The summed E-state index contributed by atoms with van der Waals surface area (Å²) in [6.45, 7) is 1.77. The molecule has 0 saturated carbocycles. The number of esters is 1. The van der Waals surface area contributed by atoms with E-state index in [1.54, 1.807) is 19.1 Å². The van der Waals surface area contributed by atoms with Crippen LogP contribution in [0.25, 0.3) is 0 Å². The molecular weight excluding hydrogens is 276 g/mol. The molecule has 0 aromatic heterocycles. The highest BCUT2D eigenvalue weighted by molar-refractivity contribution is 5.73. The highest BCUT2D eigenvalue weighted by Crippen LogP contribution is 2.50. The predicted molar refractivity (Wildman–Crippen MR) is 70.3 cm³/mol. The number of benzene rings is 1. The van der Waals surface area contributed by atoms with Crippen LogP contribution >= 0.6 is 0 Å². The third-order valence-electron chi connectivity index (χ3n) is 4.59. The van der Waals surface area contributed by atoms with Gasteiger partial charge < -0.3 is 24.1 Å². The molecule has 21 heavy (non-hydrogen) atoms. The van der Waals surface area contributed by atoms with Crippen LogP contribution in [0, 0.1) is 5.92 Å². The van der Waals surface area contributed by atoms with Crippen LogP contribution in [0.15, 0.2) is 12.1 Å². The van der Waals surface area contributed by atoms with E-state index in [0.717, 1.165) is 0 Å². The zero-order valence-electron chi connectivity index (χ0n) is 11.8. The van der Waals surface area contributed by atoms with Gasteiger partial charge >= 0.3 is 5.97 Å². The molecule has 3 aliphatic heterocycles. The van der Waals surface area contributed by atoms with E-state index in [0.29, 0.717) is 29.9 Å². The number of methoxy groups -OCH3 is 1. The quantitative estimate of drug-likeness (QED) is 0.788. The van der Waals surface area contributed by atoms with Gasteiger partial charge in [0.2, 0.25) is 5.79 Å². The molecule has 4 atom stereocenters. The summed E-state index contributed by atoms with van der Waals surface area (Å²) in [5.41, 5.74) is 0.701. The lowest BCUT2D eigenvalue weighted by molar-refractivity contribution is -0.206. The molecule has 2 saturated heterocycles. The van der Waals surface area contributed by atoms with Gasteiger partial charge in [-0.3, -0.25) is 4.79 Å². The topological polar surface area (TPSA) is 74.2 Å². The fourth-order valence-electron chi connectivity index (χ4n) is 3.56. The molecule has 0 aliphatic carbocycles. The summed E-state index contributed by atoms with van der Waals surface area (Å²) in [5.74, 6) is -0.0647. The highest BCUT2D eigenvalue weighted by atomic mass is 16.7. The van der Waals surface area contributed by atoms with Crippen molar-refractivity contribution in [1.29, 1.82) is 0 Å². The Morgan fingerprint density at radius 1 is 1.38 bits per heavy atom. The van der Waals surface area contributed by atoms with E-state index in [1.165, 1.54) is 7.11 Å². The maximum absolute atomic E-state index is 11.5. The SMILES string of the molecule is COc1cc(O)c2c(c1)OC1C(C2)OC2(C)OC(=O)CC12. The first-order chi connectivity index (χ1) is 10.00. The van der Waals surface area contributed by atoms with Crippen LogP contribution in [-0.4, -0.2) is 36.2 Å². The summed E-state index contributed by atoms with van der Waals surface area (Å²) in [4.78, 5) is 11.5. The van der Waals surface area contributed by atoms with E-state index >= 15 is 0 Å². The van der Waals surface area contributed by atoms with Crippen molar-refractivity contribution in [3.63, 3.8) is 0 Å². The minimum absolute atomic E-state index is 0.128. The Morgan fingerprint density at radius 3 is 2.95 bits per heavy atom. The molecule has 0 radical (unpaired) electrons. The first-order valence-corrected chi connectivity index (χ1v) is 6.96. The molecular formula is C15H16O6. The lowest BCUT2D eigenvalue weighted by atomic mass is 9.89. The first-order valence-electron chi connectivity index (χ1n) is 6.96. The smallest absolute Gasteiger partial charge is 0.308 e. The maximum atomic E-state index is 11.5. The number of carbonyl (C=O) groups excluding carboxylic acids is 1. The van der Waals surface area contributed by atoms with Gasteiger partial charge in [-0.25, -0.2) is 0 Å². The minimum atomic E-state index is -0.922. The fraction of sp³-hybridized carbons (Fsp3) is 0.533. The van der Waals surface area contributed by atoms with E-state index in [4.69, 9.17) is 18.9 Å². The van der Waals surface area contributed by atoms with Gasteiger partial charge in [-0.05, 0) is 0 Å². The number of phenols is 1. The van der Waals surface area contributed by atoms with Crippen LogP contribution in [0.3, 0.4) is 0 Å². The monoisotopic (exact) mass is 292 g/mol. The van der Waals surface area contributed by atoms with E-state index in [9.17, 15) is 9.90 Å². The van der Waals surface area contributed by atoms with Crippen molar-refractivity contribution in [2.24, 2.45) is 5.92 Å². The highest BCUT2D eigenvalue weighted by Gasteiger charge is 2.61. The lowest BCUT2D eigenvalue weighted by Crippen LogP contribution is -2.38. The summed E-state index contributed by atoms with van der Waals surface area (Å²) in [6, 6.07) is 3.30. The molecule has 112 valence electrons. The summed E-state index contributed by atoms with van der Waals surface area (Å²) in [6.07, 6.45) is 0.350. The van der Waals surface area contributed by atoms with Gasteiger partial charge in [-0.2, -0.15) is 0 Å². The molecule has 1 aromatic carbocycles. The van der Waals surface area contributed by atoms with Crippen molar-refractivity contribution in [3.8, 4) is 17.2 Å². The summed E-state index contributed by atoms with van der Waals surface area (Å²) < 4.78 is 22.4. The van der Waals surface area contributed by atoms with Crippen LogP contribution in [0.1, 0.15) is 18.9 Å². The van der Waals surface area contributed by atoms with Gasteiger partial charge in [-0.1, -0.05) is 0 Å². The molecule has 6 nitrogen and oxygen atoms in total. The molecule has 4 rings (SSSR count). The molecule has 0 amide bonds. The van der Waals surface area contributed by atoms with E-state index in [2.05, 4.69) is 0 Å². The molecule has 3 heterocycles. The number of phenolic OH excluding ortho intramolecular Hbond substituents is 1. The third-order valence-corrected chi connectivity index (χ3v) is 4.59. The summed E-state index contributed by atoms with van der Waals surface area (Å²) in [5, 5.41) is 10.1. The van der Waals surface area contributed by atoms with Crippen LogP contribution in [0.5, 0.6) is 17.2 Å². The van der Waals surface area contributed by atoms with E-state index in [-0.39, 0.29) is 29.8 Å². The Morgan fingerprint density at radius 2 is 2.19 bits per heavy atom. The number of ether oxygens (including phenoxy) is 4. The Balaban J connectivity index is 1.71. The average Bonchev–Trinajstić information content (AvgIpc) is 2.85. The molecule has 6 heteroatoms. The number of hydrogen-bond donors (Lipinski definition) is 1. The molecule has 0 spiro atoms. The third kappa shape index (κ3) is 1.72.